The van der Waals surface area contributed by atoms with Crippen molar-refractivity contribution in [2.24, 2.45) is 0 Å². The molecule has 0 atom stereocenters. The van der Waals surface area contributed by atoms with E-state index in [0.717, 1.165) is 35.7 Å². The second-order valence-electron chi connectivity index (χ2n) is 3.91. The van der Waals surface area contributed by atoms with E-state index >= 15 is 0 Å². The monoisotopic (exact) mass is 285 g/mol. The van der Waals surface area contributed by atoms with Crippen LogP contribution in [-0.4, -0.2) is 26.0 Å². The van der Waals surface area contributed by atoms with Crippen LogP contribution in [0.25, 0.3) is 0 Å². The summed E-state index contributed by atoms with van der Waals surface area (Å²) in [5.41, 5.74) is 1.18. The summed E-state index contributed by atoms with van der Waals surface area (Å²) in [6.07, 6.45) is 0. The lowest BCUT2D eigenvalue weighted by atomic mass is 10.1. The van der Waals surface area contributed by atoms with Crippen LogP contribution in [0.5, 0.6) is 11.5 Å². The molecule has 1 aromatic rings. The van der Waals surface area contributed by atoms with E-state index in [9.17, 15) is 0 Å². The van der Waals surface area contributed by atoms with Crippen LogP contribution in [0.4, 0.5) is 0 Å². The number of hydrogen-bond acceptors (Lipinski definition) is 4. The number of benzene rings is 1. The third-order valence-electron chi connectivity index (χ3n) is 2.76. The van der Waals surface area contributed by atoms with Gasteiger partial charge in [0, 0.05) is 11.0 Å². The molecule has 2 aliphatic heterocycles. The molecule has 16 heavy (non-hydrogen) atoms. The number of hydrogen-bond donors (Lipinski definition) is 1. The summed E-state index contributed by atoms with van der Waals surface area (Å²) in [7, 11) is 0. The smallest absolute Gasteiger partial charge is 0.231 e. The molecule has 0 unspecified atom stereocenters. The molecule has 1 saturated heterocycles. The lowest BCUT2D eigenvalue weighted by Gasteiger charge is -2.27. The van der Waals surface area contributed by atoms with E-state index in [2.05, 4.69) is 21.2 Å². The lowest BCUT2D eigenvalue weighted by molar-refractivity contribution is -0.00580. The Hall–Kier alpha value is -0.780. The standard InChI is InChI=1S/C11H12BrNO3/c12-9-2-11-10(15-6-16-11)1-7(9)3-13-8-4-14-5-8/h1-2,8,13H,3-6H2. The molecular formula is C11H12BrNO3. The van der Waals surface area contributed by atoms with Crippen molar-refractivity contribution < 1.29 is 14.2 Å². The molecule has 0 saturated carbocycles. The summed E-state index contributed by atoms with van der Waals surface area (Å²) in [6, 6.07) is 4.45. The average Bonchev–Trinajstić information content (AvgIpc) is 2.62. The summed E-state index contributed by atoms with van der Waals surface area (Å²) in [4.78, 5) is 0. The van der Waals surface area contributed by atoms with Crippen LogP contribution in [-0.2, 0) is 11.3 Å². The first-order valence-electron chi connectivity index (χ1n) is 5.22. The molecule has 1 fully saturated rings. The lowest BCUT2D eigenvalue weighted by Crippen LogP contribution is -2.45. The van der Waals surface area contributed by atoms with Crippen molar-refractivity contribution in [2.45, 2.75) is 12.6 Å². The van der Waals surface area contributed by atoms with Crippen LogP contribution in [0.1, 0.15) is 5.56 Å². The van der Waals surface area contributed by atoms with E-state index in [0.29, 0.717) is 12.8 Å². The van der Waals surface area contributed by atoms with Crippen LogP contribution in [0, 0.1) is 0 Å². The maximum Gasteiger partial charge on any atom is 0.231 e. The zero-order valence-electron chi connectivity index (χ0n) is 8.66. The van der Waals surface area contributed by atoms with Crippen molar-refractivity contribution in [1.82, 2.24) is 5.32 Å². The van der Waals surface area contributed by atoms with Crippen LogP contribution >= 0.6 is 15.9 Å². The highest BCUT2D eigenvalue weighted by molar-refractivity contribution is 9.10. The van der Waals surface area contributed by atoms with Gasteiger partial charge in [-0.2, -0.15) is 0 Å². The second kappa shape index (κ2) is 4.24. The zero-order chi connectivity index (χ0) is 11.0. The molecule has 1 aromatic carbocycles. The van der Waals surface area contributed by atoms with Crippen molar-refractivity contribution in [3.63, 3.8) is 0 Å². The third kappa shape index (κ3) is 1.90. The van der Waals surface area contributed by atoms with E-state index < -0.39 is 0 Å². The van der Waals surface area contributed by atoms with E-state index in [1.807, 2.05) is 12.1 Å². The van der Waals surface area contributed by atoms with Crippen LogP contribution in [0.2, 0.25) is 0 Å². The fourth-order valence-electron chi connectivity index (χ4n) is 1.70. The third-order valence-corrected chi connectivity index (χ3v) is 3.50. The molecule has 0 aliphatic carbocycles. The fraction of sp³-hybridized carbons (Fsp3) is 0.455. The van der Waals surface area contributed by atoms with Crippen molar-refractivity contribution in [3.8, 4) is 11.5 Å². The predicted molar refractivity (Wildman–Crippen MR) is 61.7 cm³/mol. The molecule has 1 N–H and O–H groups in total. The minimum atomic E-state index is 0.315. The summed E-state index contributed by atoms with van der Waals surface area (Å²) in [5.74, 6) is 1.63. The van der Waals surface area contributed by atoms with Gasteiger partial charge in [-0.05, 0) is 17.7 Å². The average molecular weight is 286 g/mol. The van der Waals surface area contributed by atoms with Crippen molar-refractivity contribution in [1.29, 1.82) is 0 Å². The van der Waals surface area contributed by atoms with E-state index in [1.54, 1.807) is 0 Å². The summed E-state index contributed by atoms with van der Waals surface area (Å²) >= 11 is 3.53. The Kier molecular flexibility index (Phi) is 2.75. The molecular weight excluding hydrogens is 274 g/mol. The number of fused-ring (bicyclic) bond motifs is 1. The first kappa shape index (κ1) is 10.4. The number of rotatable bonds is 3. The minimum Gasteiger partial charge on any atom is -0.454 e. The fourth-order valence-corrected chi connectivity index (χ4v) is 2.17. The number of nitrogens with one attached hydrogen (secondary N) is 1. The van der Waals surface area contributed by atoms with Gasteiger partial charge in [0.05, 0.1) is 19.3 Å². The molecule has 86 valence electrons. The molecule has 2 heterocycles. The molecule has 0 spiro atoms. The Balaban J connectivity index is 1.73. The van der Waals surface area contributed by atoms with Crippen LogP contribution in [0.3, 0.4) is 0 Å². The first-order chi connectivity index (χ1) is 7.83. The van der Waals surface area contributed by atoms with Gasteiger partial charge in [0.1, 0.15) is 0 Å². The molecule has 3 rings (SSSR count). The highest BCUT2D eigenvalue weighted by Gasteiger charge is 2.19. The van der Waals surface area contributed by atoms with Gasteiger partial charge in [-0.15, -0.1) is 0 Å². The second-order valence-corrected chi connectivity index (χ2v) is 4.77. The minimum absolute atomic E-state index is 0.315. The van der Waals surface area contributed by atoms with Gasteiger partial charge in [-0.25, -0.2) is 0 Å². The Morgan fingerprint density at radius 1 is 1.25 bits per heavy atom. The molecule has 0 radical (unpaired) electrons. The van der Waals surface area contributed by atoms with Crippen LogP contribution in [0.15, 0.2) is 16.6 Å². The Morgan fingerprint density at radius 2 is 2.00 bits per heavy atom. The Bertz CT molecular complexity index is 406. The van der Waals surface area contributed by atoms with Gasteiger partial charge in [-0.3, -0.25) is 0 Å². The molecule has 4 nitrogen and oxygen atoms in total. The van der Waals surface area contributed by atoms with E-state index in [1.165, 1.54) is 5.56 Å². The molecule has 0 bridgehead atoms. The van der Waals surface area contributed by atoms with Gasteiger partial charge in [-0.1, -0.05) is 15.9 Å². The van der Waals surface area contributed by atoms with Crippen molar-refractivity contribution in [3.05, 3.63) is 22.2 Å². The molecule has 0 amide bonds. The van der Waals surface area contributed by atoms with Crippen LogP contribution < -0.4 is 14.8 Å². The number of ether oxygens (including phenoxy) is 3. The zero-order valence-corrected chi connectivity index (χ0v) is 10.2. The summed E-state index contributed by atoms with van der Waals surface area (Å²) in [5, 5.41) is 3.42. The SMILES string of the molecule is Brc1cc2c(cc1CNC1COC1)OCO2. The van der Waals surface area contributed by atoms with Gasteiger partial charge in [0.15, 0.2) is 11.5 Å². The molecule has 0 aromatic heterocycles. The van der Waals surface area contributed by atoms with E-state index in [4.69, 9.17) is 14.2 Å². The largest absolute Gasteiger partial charge is 0.454 e. The van der Waals surface area contributed by atoms with Gasteiger partial charge in [0.2, 0.25) is 6.79 Å². The van der Waals surface area contributed by atoms with Gasteiger partial charge >= 0.3 is 0 Å². The maximum absolute atomic E-state index is 5.35. The quantitative estimate of drug-likeness (QED) is 0.917. The first-order valence-corrected chi connectivity index (χ1v) is 6.01. The highest BCUT2D eigenvalue weighted by atomic mass is 79.9. The summed E-state index contributed by atoms with van der Waals surface area (Å²) in [6.45, 7) is 2.74. The van der Waals surface area contributed by atoms with E-state index in [-0.39, 0.29) is 0 Å². The molecule has 2 aliphatic rings. The van der Waals surface area contributed by atoms with Crippen molar-refractivity contribution >= 4 is 15.9 Å². The maximum atomic E-state index is 5.35. The molecule has 5 heteroatoms. The topological polar surface area (TPSA) is 39.7 Å². The van der Waals surface area contributed by atoms with Gasteiger partial charge < -0.3 is 19.5 Å². The van der Waals surface area contributed by atoms with Crippen molar-refractivity contribution in [2.75, 3.05) is 20.0 Å². The Labute approximate surface area is 102 Å². The predicted octanol–water partition coefficient (Wildman–Crippen LogP) is 1.67. The summed E-state index contributed by atoms with van der Waals surface area (Å²) < 4.78 is 16.8. The Morgan fingerprint density at radius 3 is 2.69 bits per heavy atom. The normalized spacial score (nSPS) is 18.6. The van der Waals surface area contributed by atoms with Gasteiger partial charge in [0.25, 0.3) is 0 Å². The number of halogens is 1. The highest BCUT2D eigenvalue weighted by Crippen LogP contribution is 2.36.